The van der Waals surface area contributed by atoms with Crippen LogP contribution in [0, 0.1) is 0 Å². The van der Waals surface area contributed by atoms with Crippen molar-refractivity contribution in [2.75, 3.05) is 5.32 Å². The van der Waals surface area contributed by atoms with Crippen molar-refractivity contribution >= 4 is 28.7 Å². The maximum absolute atomic E-state index is 13.0. The highest BCUT2D eigenvalue weighted by molar-refractivity contribution is 8.13. The van der Waals surface area contributed by atoms with E-state index in [-0.39, 0.29) is 28.1 Å². The van der Waals surface area contributed by atoms with Gasteiger partial charge in [-0.1, -0.05) is 42.1 Å². The number of nitrogens with one attached hydrogen (secondary N) is 1. The summed E-state index contributed by atoms with van der Waals surface area (Å²) in [6, 6.07) is 12.4. The second-order valence-electron chi connectivity index (χ2n) is 7.04. The molecule has 0 fully saturated rings. The number of carbonyl (C=O) groups is 2. The van der Waals surface area contributed by atoms with Gasteiger partial charge < -0.3 is 10.4 Å². The summed E-state index contributed by atoms with van der Waals surface area (Å²) in [5.41, 5.74) is -1.32. The largest absolute Gasteiger partial charge is 0.478 e. The number of anilines is 1. The molecule has 3 aromatic carbocycles. The van der Waals surface area contributed by atoms with Crippen LogP contribution >= 0.6 is 11.8 Å². The van der Waals surface area contributed by atoms with Crippen LogP contribution in [0.25, 0.3) is 11.1 Å². The number of thioether (sulfide) groups is 1. The summed E-state index contributed by atoms with van der Waals surface area (Å²) in [5.74, 6) is -1.37. The topological polar surface area (TPSA) is 66.4 Å². The number of halogens is 6. The van der Waals surface area contributed by atoms with E-state index in [2.05, 4.69) is 5.32 Å². The third kappa shape index (κ3) is 6.31. The molecule has 0 saturated carbocycles. The van der Waals surface area contributed by atoms with Crippen molar-refractivity contribution in [1.82, 2.24) is 0 Å². The molecule has 0 radical (unpaired) electrons. The number of rotatable bonds is 5. The molecular formula is C23H15F6NO3S. The van der Waals surface area contributed by atoms with Crippen LogP contribution < -0.4 is 5.32 Å². The zero-order chi connectivity index (χ0) is 25.1. The Morgan fingerprint density at radius 3 is 2.00 bits per heavy atom. The first-order chi connectivity index (χ1) is 15.8. The number of carbonyl (C=O) groups excluding carboxylic acids is 1. The molecule has 11 heteroatoms. The molecule has 0 aromatic heterocycles. The molecule has 0 spiro atoms. The van der Waals surface area contributed by atoms with E-state index in [1.165, 1.54) is 36.4 Å². The number of hydrogen-bond acceptors (Lipinski definition) is 3. The average Bonchev–Trinajstić information content (AvgIpc) is 2.77. The second kappa shape index (κ2) is 9.80. The fourth-order valence-corrected chi connectivity index (χ4v) is 3.64. The number of carboxylic acid groups (broad SMARTS) is 1. The number of amides is 1. The average molecular weight is 499 g/mol. The van der Waals surface area contributed by atoms with E-state index in [4.69, 9.17) is 0 Å². The van der Waals surface area contributed by atoms with Gasteiger partial charge in [0.25, 0.3) is 5.24 Å². The van der Waals surface area contributed by atoms with Crippen molar-refractivity contribution in [1.29, 1.82) is 0 Å². The fourth-order valence-electron chi connectivity index (χ4n) is 2.97. The third-order valence-corrected chi connectivity index (χ3v) is 5.50. The molecule has 0 aliphatic rings. The first-order valence-corrected chi connectivity index (χ1v) is 10.5. The van der Waals surface area contributed by atoms with Crippen LogP contribution in [0.1, 0.15) is 27.0 Å². The van der Waals surface area contributed by atoms with Gasteiger partial charge in [0, 0.05) is 5.75 Å². The van der Waals surface area contributed by atoms with Gasteiger partial charge in [-0.3, -0.25) is 4.79 Å². The molecule has 0 aliphatic carbocycles. The van der Waals surface area contributed by atoms with Crippen LogP contribution in [-0.2, 0) is 18.1 Å². The molecule has 0 unspecified atom stereocenters. The lowest BCUT2D eigenvalue weighted by Gasteiger charge is -2.12. The summed E-state index contributed by atoms with van der Waals surface area (Å²) in [7, 11) is 0. The minimum Gasteiger partial charge on any atom is -0.478 e. The molecule has 178 valence electrons. The minimum atomic E-state index is -4.57. The molecule has 0 heterocycles. The zero-order valence-electron chi connectivity index (χ0n) is 17.0. The van der Waals surface area contributed by atoms with Crippen molar-refractivity contribution < 1.29 is 41.0 Å². The number of benzene rings is 3. The van der Waals surface area contributed by atoms with E-state index in [9.17, 15) is 41.0 Å². The molecule has 3 rings (SSSR count). The Morgan fingerprint density at radius 2 is 1.41 bits per heavy atom. The summed E-state index contributed by atoms with van der Waals surface area (Å²) in [6.45, 7) is 0. The van der Waals surface area contributed by atoms with E-state index in [1.807, 2.05) is 0 Å². The summed E-state index contributed by atoms with van der Waals surface area (Å²) in [5, 5.41) is 11.2. The Bertz CT molecular complexity index is 1210. The lowest BCUT2D eigenvalue weighted by molar-refractivity contribution is -0.138. The SMILES string of the molecule is O=C(Nc1ccc(-c2cccc(C(F)(F)F)c2)cc1C(=O)O)SCc1ccc(C(F)(F)F)cc1. The summed E-state index contributed by atoms with van der Waals surface area (Å²) in [4.78, 5) is 23.9. The van der Waals surface area contributed by atoms with Gasteiger partial charge >= 0.3 is 18.3 Å². The van der Waals surface area contributed by atoms with Crippen LogP contribution in [0.15, 0.2) is 66.7 Å². The van der Waals surface area contributed by atoms with E-state index in [1.54, 1.807) is 0 Å². The maximum Gasteiger partial charge on any atom is 0.416 e. The first kappa shape index (κ1) is 25.2. The Hall–Kier alpha value is -3.47. The van der Waals surface area contributed by atoms with Gasteiger partial charge in [-0.15, -0.1) is 0 Å². The van der Waals surface area contributed by atoms with Gasteiger partial charge in [0.15, 0.2) is 0 Å². The molecule has 0 saturated heterocycles. The summed E-state index contributed by atoms with van der Waals surface area (Å²) < 4.78 is 76.8. The highest BCUT2D eigenvalue weighted by Crippen LogP contribution is 2.34. The monoisotopic (exact) mass is 499 g/mol. The lowest BCUT2D eigenvalue weighted by Crippen LogP contribution is -2.10. The third-order valence-electron chi connectivity index (χ3n) is 4.66. The van der Waals surface area contributed by atoms with Gasteiger partial charge in [-0.05, 0) is 53.1 Å². The number of aromatic carboxylic acids is 1. The minimum absolute atomic E-state index is 0.0364. The zero-order valence-corrected chi connectivity index (χ0v) is 17.8. The second-order valence-corrected chi connectivity index (χ2v) is 7.99. The molecular weight excluding hydrogens is 484 g/mol. The Labute approximate surface area is 193 Å². The quantitative estimate of drug-likeness (QED) is 0.356. The predicted octanol–water partition coefficient (Wildman–Crippen LogP) is 7.55. The van der Waals surface area contributed by atoms with Crippen LogP contribution in [0.3, 0.4) is 0 Å². The van der Waals surface area contributed by atoms with Crippen molar-refractivity contribution in [2.45, 2.75) is 18.1 Å². The van der Waals surface area contributed by atoms with E-state index < -0.39 is 34.7 Å². The van der Waals surface area contributed by atoms with Crippen LogP contribution in [0.4, 0.5) is 36.8 Å². The van der Waals surface area contributed by atoms with Gasteiger partial charge in [-0.25, -0.2) is 4.79 Å². The lowest BCUT2D eigenvalue weighted by atomic mass is 10.00. The molecule has 4 nitrogen and oxygen atoms in total. The highest BCUT2D eigenvalue weighted by Gasteiger charge is 2.31. The molecule has 0 atom stereocenters. The Kier molecular flexibility index (Phi) is 7.25. The Balaban J connectivity index is 1.73. The molecule has 0 bridgehead atoms. The van der Waals surface area contributed by atoms with Crippen LogP contribution in [0.5, 0.6) is 0 Å². The van der Waals surface area contributed by atoms with E-state index in [0.29, 0.717) is 17.3 Å². The maximum atomic E-state index is 13.0. The summed E-state index contributed by atoms with van der Waals surface area (Å²) >= 11 is 0.714. The van der Waals surface area contributed by atoms with Crippen LogP contribution in [0.2, 0.25) is 0 Å². The molecule has 1 amide bonds. The van der Waals surface area contributed by atoms with Gasteiger partial charge in [0.05, 0.1) is 22.4 Å². The first-order valence-electron chi connectivity index (χ1n) is 9.49. The molecule has 2 N–H and O–H groups in total. The fraction of sp³-hybridized carbons (Fsp3) is 0.130. The molecule has 3 aromatic rings. The summed E-state index contributed by atoms with van der Waals surface area (Å²) in [6.07, 6.45) is -9.04. The van der Waals surface area contributed by atoms with Gasteiger partial charge in [0.1, 0.15) is 0 Å². The van der Waals surface area contributed by atoms with Crippen molar-refractivity contribution in [3.8, 4) is 11.1 Å². The number of hydrogen-bond donors (Lipinski definition) is 2. The highest BCUT2D eigenvalue weighted by atomic mass is 32.2. The van der Waals surface area contributed by atoms with E-state index >= 15 is 0 Å². The van der Waals surface area contributed by atoms with Crippen LogP contribution in [-0.4, -0.2) is 16.3 Å². The number of alkyl halides is 6. The Morgan fingerprint density at radius 1 is 0.794 bits per heavy atom. The van der Waals surface area contributed by atoms with Crippen molar-refractivity contribution in [2.24, 2.45) is 0 Å². The predicted molar refractivity (Wildman–Crippen MR) is 116 cm³/mol. The van der Waals surface area contributed by atoms with E-state index in [0.717, 1.165) is 30.3 Å². The van der Waals surface area contributed by atoms with Gasteiger partial charge in [0.2, 0.25) is 0 Å². The molecule has 34 heavy (non-hydrogen) atoms. The standard InChI is InChI=1S/C23H15F6NO3S/c24-22(25,26)16-7-4-13(5-8-16)12-34-21(33)30-19-9-6-15(11-18(19)20(31)32)14-2-1-3-17(10-14)23(27,28)29/h1-11H,12H2,(H,30,33)(H,31,32). The van der Waals surface area contributed by atoms with Crippen molar-refractivity contribution in [3.63, 3.8) is 0 Å². The smallest absolute Gasteiger partial charge is 0.416 e. The normalized spacial score (nSPS) is 11.8. The number of carboxylic acids is 1. The van der Waals surface area contributed by atoms with Crippen molar-refractivity contribution in [3.05, 3.63) is 89.0 Å². The molecule has 0 aliphatic heterocycles. The van der Waals surface area contributed by atoms with Gasteiger partial charge in [-0.2, -0.15) is 26.3 Å².